The van der Waals surface area contributed by atoms with Crippen LogP contribution < -0.4 is 5.32 Å². The van der Waals surface area contributed by atoms with Crippen LogP contribution in [-0.2, 0) is 24.4 Å². The molecule has 2 heterocycles. The lowest BCUT2D eigenvalue weighted by Crippen LogP contribution is -2.26. The third kappa shape index (κ3) is 5.88. The second-order valence-corrected chi connectivity index (χ2v) is 6.14. The molecule has 24 heavy (non-hydrogen) atoms. The molecule has 9 heteroatoms. The van der Waals surface area contributed by atoms with Gasteiger partial charge in [0.25, 0.3) is 0 Å². The van der Waals surface area contributed by atoms with E-state index in [0.717, 1.165) is 42.4 Å². The van der Waals surface area contributed by atoms with Crippen LogP contribution in [-0.4, -0.2) is 33.0 Å². The van der Waals surface area contributed by atoms with Crippen molar-refractivity contribution in [3.05, 3.63) is 41.9 Å². The number of rotatable bonds is 7. The Bertz CT molecular complexity index is 670. The Kier molecular flexibility index (Phi) is 6.24. The Balaban J connectivity index is 1.65. The van der Waals surface area contributed by atoms with E-state index in [9.17, 15) is 18.0 Å². The van der Waals surface area contributed by atoms with Crippen molar-refractivity contribution in [3.63, 3.8) is 0 Å². The molecule has 1 amide bonds. The molecule has 0 aromatic carbocycles. The predicted octanol–water partition coefficient (Wildman–Crippen LogP) is 2.68. The fraction of sp³-hybridized carbons (Fsp3) is 0.400. The molecule has 0 saturated carbocycles. The van der Waals surface area contributed by atoms with E-state index in [-0.39, 0.29) is 11.7 Å². The topological polar surface area (TPSA) is 59.8 Å². The van der Waals surface area contributed by atoms with Crippen molar-refractivity contribution in [2.24, 2.45) is 7.05 Å². The highest BCUT2D eigenvalue weighted by molar-refractivity contribution is 7.99. The first-order valence-corrected chi connectivity index (χ1v) is 8.23. The molecule has 0 unspecified atom stereocenters. The summed E-state index contributed by atoms with van der Waals surface area (Å²) < 4.78 is 39.0. The number of halogens is 3. The highest BCUT2D eigenvalue weighted by Crippen LogP contribution is 2.29. The second kappa shape index (κ2) is 8.18. The second-order valence-electron chi connectivity index (χ2n) is 5.15. The highest BCUT2D eigenvalue weighted by atomic mass is 32.2. The maximum absolute atomic E-state index is 12.4. The minimum atomic E-state index is -4.40. The van der Waals surface area contributed by atoms with E-state index >= 15 is 0 Å². The van der Waals surface area contributed by atoms with Crippen LogP contribution in [0.3, 0.4) is 0 Å². The van der Waals surface area contributed by atoms with Crippen molar-refractivity contribution in [3.8, 4) is 0 Å². The quantitative estimate of drug-likeness (QED) is 0.611. The van der Waals surface area contributed by atoms with E-state index in [1.165, 1.54) is 6.07 Å². The van der Waals surface area contributed by atoms with E-state index in [0.29, 0.717) is 11.6 Å². The van der Waals surface area contributed by atoms with Gasteiger partial charge >= 0.3 is 6.18 Å². The maximum Gasteiger partial charge on any atom is 0.417 e. The van der Waals surface area contributed by atoms with Gasteiger partial charge in [0, 0.05) is 26.0 Å². The minimum absolute atomic E-state index is 0.116. The smallest absolute Gasteiger partial charge is 0.355 e. The number of hydrogen-bond acceptors (Lipinski definition) is 4. The zero-order chi connectivity index (χ0) is 17.6. The Morgan fingerprint density at radius 3 is 2.71 bits per heavy atom. The average Bonchev–Trinajstić information content (AvgIpc) is 2.94. The lowest BCUT2D eigenvalue weighted by Gasteiger charge is -2.07. The number of carbonyl (C=O) groups is 1. The number of aromatic nitrogens is 3. The largest absolute Gasteiger partial charge is 0.417 e. The Hall–Kier alpha value is -2.03. The molecule has 2 aromatic rings. The molecule has 0 bridgehead atoms. The maximum atomic E-state index is 12.4. The minimum Gasteiger partial charge on any atom is -0.355 e. The van der Waals surface area contributed by atoms with Gasteiger partial charge in [0.15, 0.2) is 0 Å². The molecule has 0 aliphatic rings. The number of nitrogens with zero attached hydrogens (tertiary/aromatic N) is 3. The first-order valence-electron chi connectivity index (χ1n) is 7.25. The van der Waals surface area contributed by atoms with Gasteiger partial charge in [0.1, 0.15) is 0 Å². The van der Waals surface area contributed by atoms with Crippen LogP contribution in [0.25, 0.3) is 0 Å². The zero-order valence-electron chi connectivity index (χ0n) is 13.0. The van der Waals surface area contributed by atoms with E-state index in [1.807, 2.05) is 13.2 Å². The number of thioether (sulfide) groups is 1. The summed E-state index contributed by atoms with van der Waals surface area (Å²) >= 11 is 1.10. The van der Waals surface area contributed by atoms with Crippen LogP contribution in [0, 0.1) is 0 Å². The third-order valence-electron chi connectivity index (χ3n) is 3.14. The molecule has 0 saturated heterocycles. The van der Waals surface area contributed by atoms with E-state index < -0.39 is 11.7 Å². The molecule has 0 radical (unpaired) electrons. The molecule has 0 spiro atoms. The number of hydrogen-bond donors (Lipinski definition) is 1. The molecule has 2 aromatic heterocycles. The van der Waals surface area contributed by atoms with Crippen molar-refractivity contribution in [1.29, 1.82) is 0 Å². The van der Waals surface area contributed by atoms with Gasteiger partial charge in [-0.05, 0) is 30.5 Å². The summed E-state index contributed by atoms with van der Waals surface area (Å²) in [6, 6.07) is 2.23. The molecule has 130 valence electrons. The van der Waals surface area contributed by atoms with Gasteiger partial charge in [0.05, 0.1) is 22.5 Å². The zero-order valence-corrected chi connectivity index (χ0v) is 13.8. The molecule has 2 rings (SSSR count). The summed E-state index contributed by atoms with van der Waals surface area (Å²) in [4.78, 5) is 15.4. The van der Waals surface area contributed by atoms with Gasteiger partial charge in [-0.25, -0.2) is 4.98 Å². The lowest BCUT2D eigenvalue weighted by atomic mass is 10.2. The van der Waals surface area contributed by atoms with Crippen LogP contribution in [0.4, 0.5) is 13.2 Å². The number of pyridine rings is 1. The van der Waals surface area contributed by atoms with Crippen molar-refractivity contribution < 1.29 is 18.0 Å². The summed E-state index contributed by atoms with van der Waals surface area (Å²) in [5.41, 5.74) is 0.307. The van der Waals surface area contributed by atoms with Gasteiger partial charge < -0.3 is 5.32 Å². The molecule has 0 atom stereocenters. The fourth-order valence-electron chi connectivity index (χ4n) is 1.95. The number of amides is 1. The van der Waals surface area contributed by atoms with Gasteiger partial charge in [-0.2, -0.15) is 18.3 Å². The predicted molar refractivity (Wildman–Crippen MR) is 84.5 cm³/mol. The fourth-order valence-corrected chi connectivity index (χ4v) is 2.62. The van der Waals surface area contributed by atoms with Gasteiger partial charge in [-0.1, -0.05) is 11.8 Å². The van der Waals surface area contributed by atoms with Gasteiger partial charge in [-0.15, -0.1) is 0 Å². The van der Waals surface area contributed by atoms with Crippen molar-refractivity contribution in [2.45, 2.75) is 24.0 Å². The summed E-state index contributed by atoms with van der Waals surface area (Å²) in [5, 5.41) is 7.22. The number of aryl methyl sites for hydroxylation is 2. The molecular weight excluding hydrogens is 341 g/mol. The monoisotopic (exact) mass is 358 g/mol. The summed E-state index contributed by atoms with van der Waals surface area (Å²) in [6.07, 6.45) is 1.69. The standard InChI is InChI=1S/C15H17F3N4OS/c1-22-9-11(7-21-22)3-2-6-19-13(23)10-24-14-5-4-12(8-20-14)15(16,17)18/h4-5,7-9H,2-3,6,10H2,1H3,(H,19,23). The van der Waals surface area contributed by atoms with Gasteiger partial charge in [0.2, 0.25) is 5.91 Å². The first kappa shape index (κ1) is 18.3. The number of alkyl halides is 3. The number of nitrogens with one attached hydrogen (secondary N) is 1. The molecule has 0 aliphatic carbocycles. The van der Waals surface area contributed by atoms with E-state index in [2.05, 4.69) is 15.4 Å². The molecule has 0 aliphatic heterocycles. The normalized spacial score (nSPS) is 11.5. The molecule has 1 N–H and O–H groups in total. The van der Waals surface area contributed by atoms with Crippen LogP contribution in [0.1, 0.15) is 17.5 Å². The SMILES string of the molecule is Cn1cc(CCCNC(=O)CSc2ccc(C(F)(F)F)cn2)cn1. The van der Waals surface area contributed by atoms with Crippen LogP contribution in [0.5, 0.6) is 0 Å². The highest BCUT2D eigenvalue weighted by Gasteiger charge is 2.30. The van der Waals surface area contributed by atoms with Gasteiger partial charge in [-0.3, -0.25) is 9.48 Å². The molecular formula is C15H17F3N4OS. The van der Waals surface area contributed by atoms with Crippen molar-refractivity contribution in [1.82, 2.24) is 20.1 Å². The van der Waals surface area contributed by atoms with Crippen LogP contribution in [0.2, 0.25) is 0 Å². The Morgan fingerprint density at radius 1 is 1.33 bits per heavy atom. The van der Waals surface area contributed by atoms with E-state index in [4.69, 9.17) is 0 Å². The third-order valence-corrected chi connectivity index (χ3v) is 4.08. The number of carbonyl (C=O) groups excluding carboxylic acids is 1. The first-order chi connectivity index (χ1) is 11.3. The molecule has 0 fully saturated rings. The summed E-state index contributed by atoms with van der Waals surface area (Å²) in [6.45, 7) is 0.536. The average molecular weight is 358 g/mol. The Labute approximate surface area is 141 Å². The molecule has 5 nitrogen and oxygen atoms in total. The van der Waals surface area contributed by atoms with Crippen molar-refractivity contribution >= 4 is 17.7 Å². The Morgan fingerprint density at radius 2 is 2.12 bits per heavy atom. The lowest BCUT2D eigenvalue weighted by molar-refractivity contribution is -0.137. The van der Waals surface area contributed by atoms with Crippen LogP contribution in [0.15, 0.2) is 35.7 Å². The summed E-state index contributed by atoms with van der Waals surface area (Å²) in [7, 11) is 1.85. The summed E-state index contributed by atoms with van der Waals surface area (Å²) in [5.74, 6) is -0.0569. The van der Waals surface area contributed by atoms with Crippen molar-refractivity contribution in [2.75, 3.05) is 12.3 Å². The van der Waals surface area contributed by atoms with Crippen LogP contribution >= 0.6 is 11.8 Å². The van der Waals surface area contributed by atoms with E-state index in [1.54, 1.807) is 10.9 Å².